The van der Waals surface area contributed by atoms with Gasteiger partial charge in [-0.1, -0.05) is 6.07 Å². The molecule has 1 aliphatic rings. The van der Waals surface area contributed by atoms with E-state index >= 15 is 0 Å². The van der Waals surface area contributed by atoms with Crippen LogP contribution in [0.5, 0.6) is 0 Å². The fourth-order valence-corrected chi connectivity index (χ4v) is 2.39. The molecule has 1 atom stereocenters. The zero-order chi connectivity index (χ0) is 11.2. The van der Waals surface area contributed by atoms with Crippen molar-refractivity contribution in [1.82, 2.24) is 15.2 Å². The van der Waals surface area contributed by atoms with Crippen LogP contribution in [0.2, 0.25) is 0 Å². The van der Waals surface area contributed by atoms with Crippen LogP contribution in [-0.4, -0.2) is 36.6 Å². The third-order valence-electron chi connectivity index (χ3n) is 3.14. The van der Waals surface area contributed by atoms with Crippen LogP contribution in [-0.2, 0) is 6.54 Å². The molecule has 1 saturated heterocycles. The van der Waals surface area contributed by atoms with Crippen LogP contribution in [0, 0.1) is 5.92 Å². The van der Waals surface area contributed by atoms with E-state index in [0.717, 1.165) is 12.5 Å². The van der Waals surface area contributed by atoms with Crippen molar-refractivity contribution < 1.29 is 0 Å². The van der Waals surface area contributed by atoms with Gasteiger partial charge in [-0.15, -0.1) is 0 Å². The van der Waals surface area contributed by atoms with Gasteiger partial charge in [-0.25, -0.2) is 0 Å². The number of nitrogens with one attached hydrogen (secondary N) is 1. The maximum absolute atomic E-state index is 4.15. The number of hydrogen-bond donors (Lipinski definition) is 1. The standard InChI is InChI=1S/C13H21N3/c1-16(10-12-4-2-6-14-8-12)11-13-5-3-7-15-9-13/h2,4,6,8,13,15H,3,5,7,9-11H2,1H3/t13-/m0/s1. The second-order valence-corrected chi connectivity index (χ2v) is 4.77. The van der Waals surface area contributed by atoms with Crippen molar-refractivity contribution in [1.29, 1.82) is 0 Å². The molecule has 1 aromatic heterocycles. The lowest BCUT2D eigenvalue weighted by molar-refractivity contribution is 0.237. The van der Waals surface area contributed by atoms with E-state index in [4.69, 9.17) is 0 Å². The summed E-state index contributed by atoms with van der Waals surface area (Å²) in [7, 11) is 2.20. The van der Waals surface area contributed by atoms with E-state index in [1.165, 1.54) is 38.0 Å². The highest BCUT2D eigenvalue weighted by Gasteiger charge is 2.14. The predicted molar refractivity (Wildman–Crippen MR) is 66.2 cm³/mol. The maximum atomic E-state index is 4.15. The zero-order valence-corrected chi connectivity index (χ0v) is 10.0. The molecule has 1 aliphatic heterocycles. The second kappa shape index (κ2) is 5.97. The van der Waals surface area contributed by atoms with Gasteiger partial charge in [0.2, 0.25) is 0 Å². The van der Waals surface area contributed by atoms with Gasteiger partial charge in [0.15, 0.2) is 0 Å². The number of pyridine rings is 1. The van der Waals surface area contributed by atoms with Gasteiger partial charge in [0.25, 0.3) is 0 Å². The smallest absolute Gasteiger partial charge is 0.0312 e. The third-order valence-corrected chi connectivity index (χ3v) is 3.14. The van der Waals surface area contributed by atoms with Crippen molar-refractivity contribution in [3.05, 3.63) is 30.1 Å². The summed E-state index contributed by atoms with van der Waals surface area (Å²) in [6, 6.07) is 4.15. The van der Waals surface area contributed by atoms with Crippen molar-refractivity contribution in [2.75, 3.05) is 26.7 Å². The molecule has 3 nitrogen and oxygen atoms in total. The molecule has 1 N–H and O–H groups in total. The molecule has 0 unspecified atom stereocenters. The molecule has 2 rings (SSSR count). The predicted octanol–water partition coefficient (Wildman–Crippen LogP) is 1.51. The Balaban J connectivity index is 1.77. The Bertz CT molecular complexity index is 293. The number of rotatable bonds is 4. The number of aromatic nitrogens is 1. The molecule has 1 aromatic rings. The van der Waals surface area contributed by atoms with E-state index in [0.29, 0.717) is 0 Å². The fraction of sp³-hybridized carbons (Fsp3) is 0.615. The van der Waals surface area contributed by atoms with Crippen LogP contribution in [0.4, 0.5) is 0 Å². The first kappa shape index (κ1) is 11.6. The second-order valence-electron chi connectivity index (χ2n) is 4.77. The van der Waals surface area contributed by atoms with Crippen molar-refractivity contribution in [2.45, 2.75) is 19.4 Å². The average molecular weight is 219 g/mol. The van der Waals surface area contributed by atoms with Crippen molar-refractivity contribution in [3.63, 3.8) is 0 Å². The summed E-state index contributed by atoms with van der Waals surface area (Å²) in [6.07, 6.45) is 6.47. The average Bonchev–Trinajstić information content (AvgIpc) is 2.31. The van der Waals surface area contributed by atoms with E-state index in [9.17, 15) is 0 Å². The Morgan fingerprint density at radius 2 is 2.50 bits per heavy atom. The van der Waals surface area contributed by atoms with Gasteiger partial charge in [-0.2, -0.15) is 0 Å². The molecule has 0 radical (unpaired) electrons. The molecular weight excluding hydrogens is 198 g/mol. The number of nitrogens with zero attached hydrogens (tertiary/aromatic N) is 2. The fourth-order valence-electron chi connectivity index (χ4n) is 2.39. The maximum Gasteiger partial charge on any atom is 0.0312 e. The topological polar surface area (TPSA) is 28.2 Å². The molecule has 0 aromatic carbocycles. The highest BCUT2D eigenvalue weighted by atomic mass is 15.1. The zero-order valence-electron chi connectivity index (χ0n) is 10.0. The van der Waals surface area contributed by atoms with E-state index < -0.39 is 0 Å². The summed E-state index contributed by atoms with van der Waals surface area (Å²) in [4.78, 5) is 6.54. The Labute approximate surface area is 97.9 Å². The van der Waals surface area contributed by atoms with Gasteiger partial charge in [0.1, 0.15) is 0 Å². The molecule has 16 heavy (non-hydrogen) atoms. The molecule has 2 heterocycles. The van der Waals surface area contributed by atoms with Crippen molar-refractivity contribution in [2.24, 2.45) is 5.92 Å². The number of hydrogen-bond acceptors (Lipinski definition) is 3. The highest BCUT2D eigenvalue weighted by molar-refractivity contribution is 5.07. The summed E-state index contributed by atoms with van der Waals surface area (Å²) >= 11 is 0. The minimum Gasteiger partial charge on any atom is -0.316 e. The first-order valence-electron chi connectivity index (χ1n) is 6.13. The summed E-state index contributed by atoms with van der Waals surface area (Å²) in [5.74, 6) is 0.815. The lowest BCUT2D eigenvalue weighted by Crippen LogP contribution is -2.36. The summed E-state index contributed by atoms with van der Waals surface area (Å²) in [6.45, 7) is 4.56. The molecule has 0 bridgehead atoms. The molecule has 0 spiro atoms. The van der Waals surface area contributed by atoms with Crippen LogP contribution in [0.3, 0.4) is 0 Å². The van der Waals surface area contributed by atoms with Crippen LogP contribution in [0.15, 0.2) is 24.5 Å². The molecular formula is C13H21N3. The molecule has 1 fully saturated rings. The van der Waals surface area contributed by atoms with Crippen LogP contribution >= 0.6 is 0 Å². The molecule has 0 amide bonds. The lowest BCUT2D eigenvalue weighted by Gasteiger charge is -2.27. The first-order chi connectivity index (χ1) is 7.84. The monoisotopic (exact) mass is 219 g/mol. The number of piperidine rings is 1. The quantitative estimate of drug-likeness (QED) is 0.832. The van der Waals surface area contributed by atoms with Gasteiger partial charge >= 0.3 is 0 Å². The third kappa shape index (κ3) is 3.58. The first-order valence-corrected chi connectivity index (χ1v) is 6.13. The van der Waals surface area contributed by atoms with Crippen molar-refractivity contribution >= 4 is 0 Å². The summed E-state index contributed by atoms with van der Waals surface area (Å²) in [5, 5.41) is 3.47. The molecule has 3 heteroatoms. The van der Waals surface area contributed by atoms with Gasteiger partial charge in [-0.05, 0) is 50.5 Å². The molecule has 0 saturated carbocycles. The van der Waals surface area contributed by atoms with E-state index in [1.807, 2.05) is 18.5 Å². The Morgan fingerprint density at radius 3 is 3.19 bits per heavy atom. The molecule has 0 aliphatic carbocycles. The summed E-state index contributed by atoms with van der Waals surface area (Å²) in [5.41, 5.74) is 1.30. The van der Waals surface area contributed by atoms with Crippen LogP contribution < -0.4 is 5.32 Å². The minimum absolute atomic E-state index is 0.815. The van der Waals surface area contributed by atoms with E-state index in [-0.39, 0.29) is 0 Å². The largest absolute Gasteiger partial charge is 0.316 e. The minimum atomic E-state index is 0.815. The van der Waals surface area contributed by atoms with Crippen LogP contribution in [0.25, 0.3) is 0 Å². The van der Waals surface area contributed by atoms with Gasteiger partial charge < -0.3 is 10.2 Å². The summed E-state index contributed by atoms with van der Waals surface area (Å²) < 4.78 is 0. The molecule has 88 valence electrons. The Morgan fingerprint density at radius 1 is 1.56 bits per heavy atom. The Kier molecular flexibility index (Phi) is 4.31. The highest BCUT2D eigenvalue weighted by Crippen LogP contribution is 2.12. The normalized spacial score (nSPS) is 21.2. The van der Waals surface area contributed by atoms with Gasteiger partial charge in [-0.3, -0.25) is 4.98 Å². The van der Waals surface area contributed by atoms with E-state index in [1.54, 1.807) is 0 Å². The van der Waals surface area contributed by atoms with E-state index in [2.05, 4.69) is 28.3 Å². The van der Waals surface area contributed by atoms with Gasteiger partial charge in [0.05, 0.1) is 0 Å². The van der Waals surface area contributed by atoms with Crippen molar-refractivity contribution in [3.8, 4) is 0 Å². The van der Waals surface area contributed by atoms with Crippen LogP contribution in [0.1, 0.15) is 18.4 Å². The lowest BCUT2D eigenvalue weighted by atomic mass is 9.99. The van der Waals surface area contributed by atoms with Gasteiger partial charge in [0, 0.05) is 25.5 Å². The SMILES string of the molecule is CN(Cc1cccnc1)C[C@H]1CCCNC1. The Hall–Kier alpha value is -0.930.